The highest BCUT2D eigenvalue weighted by atomic mass is 16.3. The van der Waals surface area contributed by atoms with E-state index in [2.05, 4.69) is 0 Å². The molecule has 78 valence electrons. The van der Waals surface area contributed by atoms with Crippen molar-refractivity contribution in [1.82, 2.24) is 0 Å². The summed E-state index contributed by atoms with van der Waals surface area (Å²) in [5, 5.41) is 20.7. The monoisotopic (exact) mass is 196 g/mol. The standard InChI is InChI=1S/C11H17NO2/c1-9(13)7-12-8-11(14)10-5-3-2-4-6-10/h2-6,9,11-14H,7-8H2,1H3/p+1/t9-,11+/m1/s1. The highest BCUT2D eigenvalue weighted by Crippen LogP contribution is 2.08. The number of hydrogen-bond acceptors (Lipinski definition) is 2. The van der Waals surface area contributed by atoms with Gasteiger partial charge >= 0.3 is 0 Å². The average molecular weight is 196 g/mol. The highest BCUT2D eigenvalue weighted by Gasteiger charge is 2.08. The number of hydrogen-bond donors (Lipinski definition) is 3. The number of aliphatic hydroxyl groups is 2. The summed E-state index contributed by atoms with van der Waals surface area (Å²) >= 11 is 0. The molecule has 1 aromatic rings. The first kappa shape index (κ1) is 11.2. The maximum absolute atomic E-state index is 9.72. The first-order valence-corrected chi connectivity index (χ1v) is 4.93. The maximum Gasteiger partial charge on any atom is 0.128 e. The molecule has 0 unspecified atom stereocenters. The van der Waals surface area contributed by atoms with Gasteiger partial charge in [-0.15, -0.1) is 0 Å². The summed E-state index contributed by atoms with van der Waals surface area (Å²) in [6, 6.07) is 9.55. The third-order valence-corrected chi connectivity index (χ3v) is 2.08. The second kappa shape index (κ2) is 5.75. The molecule has 14 heavy (non-hydrogen) atoms. The Hall–Kier alpha value is -0.900. The molecular weight excluding hydrogens is 178 g/mol. The first-order chi connectivity index (χ1) is 6.70. The van der Waals surface area contributed by atoms with E-state index in [0.717, 1.165) is 5.56 Å². The number of quaternary nitrogens is 1. The summed E-state index contributed by atoms with van der Waals surface area (Å²) in [7, 11) is 0. The van der Waals surface area contributed by atoms with Crippen molar-refractivity contribution in [2.24, 2.45) is 0 Å². The van der Waals surface area contributed by atoms with Gasteiger partial charge in [0.15, 0.2) is 0 Å². The predicted octanol–water partition coefficient (Wildman–Crippen LogP) is -0.336. The Kier molecular flexibility index (Phi) is 4.59. The van der Waals surface area contributed by atoms with Gasteiger partial charge in [-0.3, -0.25) is 0 Å². The van der Waals surface area contributed by atoms with Gasteiger partial charge < -0.3 is 15.5 Å². The Bertz CT molecular complexity index is 249. The molecule has 4 N–H and O–H groups in total. The minimum absolute atomic E-state index is 0.321. The van der Waals surface area contributed by atoms with Gasteiger partial charge in [-0.2, -0.15) is 0 Å². The maximum atomic E-state index is 9.72. The van der Waals surface area contributed by atoms with E-state index < -0.39 is 6.10 Å². The molecular formula is C11H18NO2+. The fourth-order valence-corrected chi connectivity index (χ4v) is 1.31. The molecule has 0 heterocycles. The quantitative estimate of drug-likeness (QED) is 0.603. The van der Waals surface area contributed by atoms with Gasteiger partial charge in [0.2, 0.25) is 0 Å². The van der Waals surface area contributed by atoms with E-state index in [-0.39, 0.29) is 6.10 Å². The molecule has 1 aromatic carbocycles. The van der Waals surface area contributed by atoms with Crippen LogP contribution >= 0.6 is 0 Å². The lowest BCUT2D eigenvalue weighted by atomic mass is 10.1. The minimum Gasteiger partial charge on any atom is -0.388 e. The van der Waals surface area contributed by atoms with Crippen LogP contribution in [0.25, 0.3) is 0 Å². The van der Waals surface area contributed by atoms with Gasteiger partial charge in [-0.25, -0.2) is 0 Å². The van der Waals surface area contributed by atoms with E-state index in [9.17, 15) is 5.11 Å². The fraction of sp³-hybridized carbons (Fsp3) is 0.455. The summed E-state index contributed by atoms with van der Waals surface area (Å²) < 4.78 is 0. The fourth-order valence-electron chi connectivity index (χ4n) is 1.31. The molecule has 0 fully saturated rings. The molecule has 0 aliphatic heterocycles. The van der Waals surface area contributed by atoms with Gasteiger partial charge in [0.1, 0.15) is 19.2 Å². The minimum atomic E-state index is -0.449. The van der Waals surface area contributed by atoms with Crippen molar-refractivity contribution in [3.8, 4) is 0 Å². The van der Waals surface area contributed by atoms with Gasteiger partial charge in [-0.05, 0) is 12.5 Å². The van der Waals surface area contributed by atoms with Gasteiger partial charge in [0.05, 0.1) is 6.10 Å². The molecule has 0 bridgehead atoms. The number of aliphatic hydroxyl groups excluding tert-OH is 2. The van der Waals surface area contributed by atoms with E-state index in [1.807, 2.05) is 35.6 Å². The molecule has 0 amide bonds. The van der Waals surface area contributed by atoms with Crippen LogP contribution < -0.4 is 5.32 Å². The third kappa shape index (κ3) is 3.87. The topological polar surface area (TPSA) is 57.1 Å². The Morgan fingerprint density at radius 3 is 2.36 bits per heavy atom. The van der Waals surface area contributed by atoms with Crippen LogP contribution in [0.3, 0.4) is 0 Å². The van der Waals surface area contributed by atoms with Crippen LogP contribution in [0.15, 0.2) is 30.3 Å². The highest BCUT2D eigenvalue weighted by molar-refractivity contribution is 5.16. The third-order valence-electron chi connectivity index (χ3n) is 2.08. The molecule has 0 aliphatic rings. The zero-order valence-corrected chi connectivity index (χ0v) is 8.43. The normalized spacial score (nSPS) is 15.1. The summed E-state index contributed by atoms with van der Waals surface area (Å²) in [4.78, 5) is 0. The lowest BCUT2D eigenvalue weighted by Crippen LogP contribution is -2.87. The van der Waals surface area contributed by atoms with Crippen molar-refractivity contribution in [2.45, 2.75) is 19.1 Å². The average Bonchev–Trinajstić information content (AvgIpc) is 2.18. The molecule has 0 saturated carbocycles. The molecule has 3 heteroatoms. The molecule has 0 spiro atoms. The number of benzene rings is 1. The SMILES string of the molecule is C[C@@H](O)C[NH2+]C[C@H](O)c1ccccc1. The molecule has 1 rings (SSSR count). The van der Waals surface area contributed by atoms with Crippen LogP contribution in [0.1, 0.15) is 18.6 Å². The smallest absolute Gasteiger partial charge is 0.128 e. The summed E-state index contributed by atoms with van der Waals surface area (Å²) in [5.74, 6) is 0. The lowest BCUT2D eigenvalue weighted by molar-refractivity contribution is -0.667. The summed E-state index contributed by atoms with van der Waals surface area (Å²) in [6.07, 6.45) is -0.770. The van der Waals surface area contributed by atoms with Crippen LogP contribution in [-0.4, -0.2) is 29.4 Å². The van der Waals surface area contributed by atoms with Crippen LogP contribution in [0.5, 0.6) is 0 Å². The zero-order chi connectivity index (χ0) is 10.4. The summed E-state index contributed by atoms with van der Waals surface area (Å²) in [6.45, 7) is 2.96. The van der Waals surface area contributed by atoms with E-state index in [0.29, 0.717) is 13.1 Å². The van der Waals surface area contributed by atoms with Crippen LogP contribution in [0, 0.1) is 0 Å². The van der Waals surface area contributed by atoms with E-state index in [1.54, 1.807) is 6.92 Å². The van der Waals surface area contributed by atoms with Gasteiger partial charge in [0, 0.05) is 0 Å². The van der Waals surface area contributed by atoms with Crippen LogP contribution in [-0.2, 0) is 0 Å². The van der Waals surface area contributed by atoms with Crippen molar-refractivity contribution in [3.63, 3.8) is 0 Å². The molecule has 0 aromatic heterocycles. The van der Waals surface area contributed by atoms with Crippen molar-refractivity contribution in [1.29, 1.82) is 0 Å². The summed E-state index contributed by atoms with van der Waals surface area (Å²) in [5.41, 5.74) is 0.925. The van der Waals surface area contributed by atoms with Crippen molar-refractivity contribution in [3.05, 3.63) is 35.9 Å². The lowest BCUT2D eigenvalue weighted by Gasteiger charge is -2.10. The molecule has 3 nitrogen and oxygen atoms in total. The van der Waals surface area contributed by atoms with Crippen molar-refractivity contribution >= 4 is 0 Å². The second-order valence-electron chi connectivity index (χ2n) is 3.54. The molecule has 0 saturated heterocycles. The zero-order valence-electron chi connectivity index (χ0n) is 8.43. The largest absolute Gasteiger partial charge is 0.388 e. The van der Waals surface area contributed by atoms with Crippen LogP contribution in [0.2, 0.25) is 0 Å². The van der Waals surface area contributed by atoms with E-state index in [1.165, 1.54) is 0 Å². The van der Waals surface area contributed by atoms with Gasteiger partial charge in [-0.1, -0.05) is 30.3 Å². The molecule has 0 aliphatic carbocycles. The number of rotatable bonds is 5. The molecule has 0 radical (unpaired) electrons. The van der Waals surface area contributed by atoms with Crippen LogP contribution in [0.4, 0.5) is 0 Å². The van der Waals surface area contributed by atoms with E-state index in [4.69, 9.17) is 5.11 Å². The van der Waals surface area contributed by atoms with Gasteiger partial charge in [0.25, 0.3) is 0 Å². The second-order valence-corrected chi connectivity index (χ2v) is 3.54. The Morgan fingerprint density at radius 2 is 1.79 bits per heavy atom. The Morgan fingerprint density at radius 1 is 1.14 bits per heavy atom. The van der Waals surface area contributed by atoms with Crippen molar-refractivity contribution < 1.29 is 15.5 Å². The predicted molar refractivity (Wildman–Crippen MR) is 54.7 cm³/mol. The first-order valence-electron chi connectivity index (χ1n) is 4.93. The number of nitrogens with two attached hydrogens (primary N) is 1. The Labute approximate surface area is 84.4 Å². The Balaban J connectivity index is 2.32. The molecule has 2 atom stereocenters. The van der Waals surface area contributed by atoms with E-state index >= 15 is 0 Å². The van der Waals surface area contributed by atoms with Crippen molar-refractivity contribution in [2.75, 3.05) is 13.1 Å².